The van der Waals surface area contributed by atoms with Gasteiger partial charge in [-0.3, -0.25) is 15.1 Å². The second kappa shape index (κ2) is 15.7. The second-order valence-corrected chi connectivity index (χ2v) is 17.5. The van der Waals surface area contributed by atoms with E-state index < -0.39 is 0 Å². The van der Waals surface area contributed by atoms with E-state index in [1.54, 1.807) is 0 Å². The fourth-order valence-electron chi connectivity index (χ4n) is 9.87. The van der Waals surface area contributed by atoms with E-state index in [2.05, 4.69) is 202 Å². The highest BCUT2D eigenvalue weighted by molar-refractivity contribution is 5.97. The summed E-state index contributed by atoms with van der Waals surface area (Å²) >= 11 is 0. The smallest absolute Gasteiger partial charge is 0.0705 e. The summed E-state index contributed by atoms with van der Waals surface area (Å²) in [6, 6.07) is 63.6. The zero-order valence-corrected chi connectivity index (χ0v) is 36.4. The van der Waals surface area contributed by atoms with Gasteiger partial charge in [-0.15, -0.1) is 0 Å². The first-order valence-corrected chi connectivity index (χ1v) is 22.0. The SMILES string of the molecule is Cc1cc(-c2ccccc2)ncc1-c1ccccc1-c1cc(-c2cc3c(cc2-c2cn[nH]c2)C(C)(C)c2ccccc2-3)cc(-c2ccccc2-c2cnc(-c3ccccc3)cc2C)c1. The molecule has 0 atom stereocenters. The first-order valence-electron chi connectivity index (χ1n) is 22.0. The molecule has 0 bridgehead atoms. The Balaban J connectivity index is 1.14. The first-order chi connectivity index (χ1) is 31.3. The van der Waals surface area contributed by atoms with Gasteiger partial charge in [0, 0.05) is 51.8 Å². The van der Waals surface area contributed by atoms with Crippen molar-refractivity contribution in [2.24, 2.45) is 0 Å². The van der Waals surface area contributed by atoms with Crippen LogP contribution in [0.4, 0.5) is 0 Å². The van der Waals surface area contributed by atoms with E-state index in [0.717, 1.165) is 89.3 Å². The molecule has 3 aromatic heterocycles. The Morgan fingerprint density at radius 3 is 1.30 bits per heavy atom. The van der Waals surface area contributed by atoms with Crippen LogP contribution < -0.4 is 0 Å². The lowest BCUT2D eigenvalue weighted by Gasteiger charge is -2.23. The van der Waals surface area contributed by atoms with Gasteiger partial charge < -0.3 is 0 Å². The molecule has 1 aliphatic carbocycles. The maximum Gasteiger partial charge on any atom is 0.0705 e. The molecule has 4 heteroatoms. The molecule has 1 N–H and O–H groups in total. The topological polar surface area (TPSA) is 54.5 Å². The van der Waals surface area contributed by atoms with Gasteiger partial charge in [0.05, 0.1) is 17.6 Å². The number of rotatable bonds is 8. The van der Waals surface area contributed by atoms with Gasteiger partial charge >= 0.3 is 0 Å². The number of hydrogen-bond acceptors (Lipinski definition) is 3. The third-order valence-electron chi connectivity index (χ3n) is 13.2. The molecule has 0 radical (unpaired) electrons. The van der Waals surface area contributed by atoms with Gasteiger partial charge in [0.1, 0.15) is 0 Å². The number of nitrogens with zero attached hydrogens (tertiary/aromatic N) is 3. The highest BCUT2D eigenvalue weighted by Gasteiger charge is 2.36. The molecule has 7 aromatic carbocycles. The van der Waals surface area contributed by atoms with Gasteiger partial charge in [-0.1, -0.05) is 147 Å². The number of hydrogen-bond donors (Lipinski definition) is 1. The van der Waals surface area contributed by atoms with Crippen LogP contribution in [0.25, 0.3) is 100 Å². The van der Waals surface area contributed by atoms with Crippen LogP contribution in [-0.4, -0.2) is 20.2 Å². The van der Waals surface area contributed by atoms with Crippen molar-refractivity contribution < 1.29 is 0 Å². The van der Waals surface area contributed by atoms with Crippen LogP contribution in [0.15, 0.2) is 201 Å². The summed E-state index contributed by atoms with van der Waals surface area (Å²) in [6.45, 7) is 9.07. The molecular formula is C60H46N4. The van der Waals surface area contributed by atoms with Crippen LogP contribution in [0.1, 0.15) is 36.1 Å². The summed E-state index contributed by atoms with van der Waals surface area (Å²) in [5.74, 6) is 0. The summed E-state index contributed by atoms with van der Waals surface area (Å²) in [5, 5.41) is 7.57. The molecule has 0 aliphatic heterocycles. The van der Waals surface area contributed by atoms with Crippen molar-refractivity contribution in [3.8, 4) is 100 Å². The van der Waals surface area contributed by atoms with E-state index in [1.807, 2.05) is 36.9 Å². The number of aromatic nitrogens is 4. The minimum atomic E-state index is -0.155. The minimum Gasteiger partial charge on any atom is -0.285 e. The molecule has 0 unspecified atom stereocenters. The summed E-state index contributed by atoms with van der Waals surface area (Å²) in [5.41, 5.74) is 25.1. The molecule has 4 nitrogen and oxygen atoms in total. The lowest BCUT2D eigenvalue weighted by Crippen LogP contribution is -2.15. The molecule has 1 aliphatic rings. The number of pyridine rings is 2. The summed E-state index contributed by atoms with van der Waals surface area (Å²) in [6.07, 6.45) is 8.04. The summed E-state index contributed by atoms with van der Waals surface area (Å²) < 4.78 is 0. The maximum atomic E-state index is 5.02. The van der Waals surface area contributed by atoms with Crippen molar-refractivity contribution in [3.63, 3.8) is 0 Å². The standard InChI is InChI=1S/C60H46N4/c1-38-27-58(40-17-7-5-8-18-40)61-36-54(38)48-23-13-11-21-46(48)42-29-43(47-22-12-14-24-49(47)55-37-62-59(28-39(55)2)41-19-9-6-10-20-41)31-44(30-42)51-32-53-50-25-15-16-26-56(50)60(3,4)57(53)33-52(51)45-34-63-64-35-45/h5-37H,1-4H3,(H,63,64). The molecule has 0 amide bonds. The van der Waals surface area contributed by atoms with Crippen LogP contribution in [-0.2, 0) is 5.41 Å². The van der Waals surface area contributed by atoms with Crippen LogP contribution in [0.5, 0.6) is 0 Å². The van der Waals surface area contributed by atoms with E-state index >= 15 is 0 Å². The zero-order valence-electron chi connectivity index (χ0n) is 36.4. The van der Waals surface area contributed by atoms with Crippen molar-refractivity contribution in [1.29, 1.82) is 0 Å². The van der Waals surface area contributed by atoms with Crippen LogP contribution in [0, 0.1) is 13.8 Å². The monoisotopic (exact) mass is 822 g/mol. The van der Waals surface area contributed by atoms with Gasteiger partial charge in [0.2, 0.25) is 0 Å². The quantitative estimate of drug-likeness (QED) is 0.166. The maximum absolute atomic E-state index is 5.02. The number of aromatic amines is 1. The van der Waals surface area contributed by atoms with Gasteiger partial charge in [0.25, 0.3) is 0 Å². The predicted molar refractivity (Wildman–Crippen MR) is 265 cm³/mol. The third kappa shape index (κ3) is 6.76. The normalized spacial score (nSPS) is 12.5. The molecule has 0 fully saturated rings. The highest BCUT2D eigenvalue weighted by atomic mass is 15.1. The number of aryl methyl sites for hydroxylation is 2. The Morgan fingerprint density at radius 2 is 0.797 bits per heavy atom. The summed E-state index contributed by atoms with van der Waals surface area (Å²) in [7, 11) is 0. The largest absolute Gasteiger partial charge is 0.285 e. The van der Waals surface area contributed by atoms with Crippen LogP contribution in [0.3, 0.4) is 0 Å². The molecule has 0 saturated carbocycles. The predicted octanol–water partition coefficient (Wildman–Crippen LogP) is 15.5. The molecule has 3 heterocycles. The first kappa shape index (κ1) is 38.9. The third-order valence-corrected chi connectivity index (χ3v) is 13.2. The number of benzene rings is 7. The Kier molecular flexibility index (Phi) is 9.58. The Bertz CT molecular complexity index is 3210. The Morgan fingerprint density at radius 1 is 0.344 bits per heavy atom. The van der Waals surface area contributed by atoms with E-state index in [-0.39, 0.29) is 5.41 Å². The van der Waals surface area contributed by atoms with Gasteiger partial charge in [-0.2, -0.15) is 5.10 Å². The van der Waals surface area contributed by atoms with E-state index in [0.29, 0.717) is 0 Å². The highest BCUT2D eigenvalue weighted by Crippen LogP contribution is 2.52. The average molecular weight is 823 g/mol. The molecule has 10 aromatic rings. The zero-order chi connectivity index (χ0) is 43.4. The minimum absolute atomic E-state index is 0.155. The fourth-order valence-corrected chi connectivity index (χ4v) is 9.87. The Labute approximate surface area is 375 Å². The molecule has 0 saturated heterocycles. The average Bonchev–Trinajstić information content (AvgIpc) is 3.96. The van der Waals surface area contributed by atoms with Crippen molar-refractivity contribution in [3.05, 3.63) is 223 Å². The van der Waals surface area contributed by atoms with Crippen LogP contribution >= 0.6 is 0 Å². The number of nitrogens with one attached hydrogen (secondary N) is 1. The van der Waals surface area contributed by atoms with Crippen molar-refractivity contribution in [2.75, 3.05) is 0 Å². The van der Waals surface area contributed by atoms with E-state index in [9.17, 15) is 0 Å². The molecule has 0 spiro atoms. The van der Waals surface area contributed by atoms with Gasteiger partial charge in [-0.05, 0) is 140 Å². The fraction of sp³-hybridized carbons (Fsp3) is 0.0833. The molecule has 306 valence electrons. The van der Waals surface area contributed by atoms with Crippen LogP contribution in [0.2, 0.25) is 0 Å². The van der Waals surface area contributed by atoms with Gasteiger partial charge in [-0.25, -0.2) is 0 Å². The summed E-state index contributed by atoms with van der Waals surface area (Å²) in [4.78, 5) is 10.0. The number of H-pyrrole nitrogens is 1. The molecule has 64 heavy (non-hydrogen) atoms. The Hall–Kier alpha value is -7.95. The van der Waals surface area contributed by atoms with Crippen molar-refractivity contribution in [1.82, 2.24) is 20.2 Å². The van der Waals surface area contributed by atoms with E-state index in [4.69, 9.17) is 9.97 Å². The lowest BCUT2D eigenvalue weighted by molar-refractivity contribution is 0.660. The van der Waals surface area contributed by atoms with Gasteiger partial charge in [0.15, 0.2) is 0 Å². The second-order valence-electron chi connectivity index (χ2n) is 17.5. The lowest BCUT2D eigenvalue weighted by atomic mass is 9.80. The molecule has 11 rings (SSSR count). The van der Waals surface area contributed by atoms with Crippen molar-refractivity contribution >= 4 is 0 Å². The molecular weight excluding hydrogens is 777 g/mol. The van der Waals surface area contributed by atoms with Crippen molar-refractivity contribution in [2.45, 2.75) is 33.1 Å². The van der Waals surface area contributed by atoms with E-state index in [1.165, 1.54) is 33.4 Å². The number of fused-ring (bicyclic) bond motifs is 3.